The van der Waals surface area contributed by atoms with Gasteiger partial charge in [0.2, 0.25) is 0 Å². The van der Waals surface area contributed by atoms with Gasteiger partial charge in [-0.1, -0.05) is 13.8 Å². The van der Waals surface area contributed by atoms with Gasteiger partial charge in [0, 0.05) is 18.1 Å². The summed E-state index contributed by atoms with van der Waals surface area (Å²) in [5, 5.41) is 0. The van der Waals surface area contributed by atoms with Gasteiger partial charge in [-0.05, 0) is 30.5 Å². The van der Waals surface area contributed by atoms with E-state index in [0.29, 0.717) is 5.82 Å². The maximum Gasteiger partial charge on any atom is 0.405 e. The molecule has 0 N–H and O–H groups in total. The van der Waals surface area contributed by atoms with Crippen LogP contribution in [0.1, 0.15) is 37.9 Å². The molecule has 0 aliphatic rings. The fourth-order valence-electron chi connectivity index (χ4n) is 1.70. The van der Waals surface area contributed by atoms with Crippen molar-refractivity contribution in [3.63, 3.8) is 0 Å². The molecule has 19 heavy (non-hydrogen) atoms. The first kappa shape index (κ1) is 16.1. The van der Waals surface area contributed by atoms with Crippen molar-refractivity contribution in [3.8, 4) is 0 Å². The van der Waals surface area contributed by atoms with Crippen LogP contribution in [0.25, 0.3) is 0 Å². The fourth-order valence-corrected chi connectivity index (χ4v) is 1.85. The summed E-state index contributed by atoms with van der Waals surface area (Å²) in [6.07, 6.45) is -4.24. The van der Waals surface area contributed by atoms with Crippen molar-refractivity contribution in [2.24, 2.45) is 0 Å². The Morgan fingerprint density at radius 1 is 1.32 bits per heavy atom. The summed E-state index contributed by atoms with van der Waals surface area (Å²) in [6, 6.07) is 3.46. The zero-order valence-electron chi connectivity index (χ0n) is 11.3. The van der Waals surface area contributed by atoms with Gasteiger partial charge in [-0.25, -0.2) is 4.98 Å². The van der Waals surface area contributed by atoms with Crippen LogP contribution in [0.15, 0.2) is 12.1 Å². The van der Waals surface area contributed by atoms with Crippen LogP contribution in [0.3, 0.4) is 0 Å². The molecule has 1 aromatic heterocycles. The van der Waals surface area contributed by atoms with Gasteiger partial charge < -0.3 is 4.90 Å². The van der Waals surface area contributed by atoms with Gasteiger partial charge in [-0.3, -0.25) is 0 Å². The van der Waals surface area contributed by atoms with Gasteiger partial charge in [0.15, 0.2) is 0 Å². The average molecular weight is 295 g/mol. The van der Waals surface area contributed by atoms with Crippen molar-refractivity contribution in [3.05, 3.63) is 23.4 Å². The third kappa shape index (κ3) is 4.90. The SMILES string of the molecule is CCN(CC(F)(F)F)c1cc(CCl)cc(C(C)C)n1. The molecule has 0 saturated carbocycles. The van der Waals surface area contributed by atoms with Crippen LogP contribution in [0.4, 0.5) is 19.0 Å². The van der Waals surface area contributed by atoms with Crippen LogP contribution in [0.2, 0.25) is 0 Å². The summed E-state index contributed by atoms with van der Waals surface area (Å²) in [7, 11) is 0. The van der Waals surface area contributed by atoms with Gasteiger partial charge in [-0.2, -0.15) is 13.2 Å². The first-order valence-electron chi connectivity index (χ1n) is 6.15. The van der Waals surface area contributed by atoms with E-state index >= 15 is 0 Å². The van der Waals surface area contributed by atoms with E-state index in [9.17, 15) is 13.2 Å². The van der Waals surface area contributed by atoms with E-state index < -0.39 is 12.7 Å². The number of rotatable bonds is 5. The summed E-state index contributed by atoms with van der Waals surface area (Å²) < 4.78 is 37.6. The molecule has 0 unspecified atom stereocenters. The Morgan fingerprint density at radius 2 is 1.95 bits per heavy atom. The van der Waals surface area contributed by atoms with Crippen molar-refractivity contribution < 1.29 is 13.2 Å². The quantitative estimate of drug-likeness (QED) is 0.751. The van der Waals surface area contributed by atoms with Gasteiger partial charge in [-0.15, -0.1) is 11.6 Å². The lowest BCUT2D eigenvalue weighted by Gasteiger charge is -2.24. The zero-order chi connectivity index (χ0) is 14.6. The molecule has 1 aromatic rings. The minimum Gasteiger partial charge on any atom is -0.348 e. The summed E-state index contributed by atoms with van der Waals surface area (Å²) in [5.74, 6) is 0.743. The minimum atomic E-state index is -4.24. The molecule has 0 aliphatic carbocycles. The average Bonchev–Trinajstić information content (AvgIpc) is 2.34. The van der Waals surface area contributed by atoms with Crippen molar-refractivity contribution >= 4 is 17.4 Å². The Bertz CT molecular complexity index is 419. The maximum atomic E-state index is 12.5. The second-order valence-electron chi connectivity index (χ2n) is 4.68. The highest BCUT2D eigenvalue weighted by Gasteiger charge is 2.31. The lowest BCUT2D eigenvalue weighted by molar-refractivity contribution is -0.119. The van der Waals surface area contributed by atoms with Crippen LogP contribution in [-0.4, -0.2) is 24.2 Å². The first-order valence-corrected chi connectivity index (χ1v) is 6.68. The van der Waals surface area contributed by atoms with E-state index in [1.807, 2.05) is 19.9 Å². The molecule has 0 atom stereocenters. The number of aromatic nitrogens is 1. The lowest BCUT2D eigenvalue weighted by Crippen LogP contribution is -2.34. The van der Waals surface area contributed by atoms with E-state index in [1.165, 1.54) is 4.90 Å². The number of hydrogen-bond acceptors (Lipinski definition) is 2. The van der Waals surface area contributed by atoms with Crippen molar-refractivity contribution in [2.45, 2.75) is 38.7 Å². The number of hydrogen-bond donors (Lipinski definition) is 0. The third-order valence-electron chi connectivity index (χ3n) is 2.71. The summed E-state index contributed by atoms with van der Waals surface area (Å²) >= 11 is 5.79. The Morgan fingerprint density at radius 3 is 2.37 bits per heavy atom. The largest absolute Gasteiger partial charge is 0.405 e. The monoisotopic (exact) mass is 294 g/mol. The number of alkyl halides is 4. The van der Waals surface area contributed by atoms with E-state index in [2.05, 4.69) is 4.98 Å². The smallest absolute Gasteiger partial charge is 0.348 e. The summed E-state index contributed by atoms with van der Waals surface area (Å²) in [4.78, 5) is 5.51. The van der Waals surface area contributed by atoms with Crippen molar-refractivity contribution in [1.29, 1.82) is 0 Å². The van der Waals surface area contributed by atoms with Crippen LogP contribution in [0, 0.1) is 0 Å². The molecule has 1 heterocycles. The molecule has 0 spiro atoms. The molecule has 0 radical (unpaired) electrons. The Kier molecular flexibility index (Phi) is 5.47. The second kappa shape index (κ2) is 6.46. The minimum absolute atomic E-state index is 0.145. The van der Waals surface area contributed by atoms with Crippen LogP contribution < -0.4 is 4.90 Å². The number of anilines is 1. The third-order valence-corrected chi connectivity index (χ3v) is 3.02. The van der Waals surface area contributed by atoms with Crippen molar-refractivity contribution in [2.75, 3.05) is 18.0 Å². The van der Waals surface area contributed by atoms with Crippen molar-refractivity contribution in [1.82, 2.24) is 4.98 Å². The molecular formula is C13H18ClF3N2. The predicted molar refractivity (Wildman–Crippen MR) is 71.8 cm³/mol. The molecule has 0 saturated heterocycles. The topological polar surface area (TPSA) is 16.1 Å². The van der Waals surface area contributed by atoms with Crippen LogP contribution in [-0.2, 0) is 5.88 Å². The highest BCUT2D eigenvalue weighted by molar-refractivity contribution is 6.17. The van der Waals surface area contributed by atoms with E-state index in [0.717, 1.165) is 11.3 Å². The first-order chi connectivity index (χ1) is 8.76. The molecular weight excluding hydrogens is 277 g/mol. The normalized spacial score (nSPS) is 12.0. The van der Waals surface area contributed by atoms with Gasteiger partial charge in [0.05, 0.1) is 0 Å². The zero-order valence-corrected chi connectivity index (χ0v) is 12.0. The Hall–Kier alpha value is -0.970. The summed E-state index contributed by atoms with van der Waals surface area (Å²) in [6.45, 7) is 4.82. The Balaban J connectivity index is 3.12. The highest BCUT2D eigenvalue weighted by atomic mass is 35.5. The predicted octanol–water partition coefficient (Wildman–Crippen LogP) is 4.33. The number of halogens is 4. The molecule has 0 aromatic carbocycles. The standard InChI is InChI=1S/C13H18ClF3N2/c1-4-19(8-13(15,16)17)12-6-10(7-14)5-11(18-12)9(2)3/h5-6,9H,4,7-8H2,1-3H3. The Labute approximate surface area is 116 Å². The van der Waals surface area contributed by atoms with E-state index in [4.69, 9.17) is 11.6 Å². The van der Waals surface area contributed by atoms with Crippen LogP contribution in [0.5, 0.6) is 0 Å². The second-order valence-corrected chi connectivity index (χ2v) is 4.94. The van der Waals surface area contributed by atoms with E-state index in [-0.39, 0.29) is 18.3 Å². The van der Waals surface area contributed by atoms with Crippen LogP contribution >= 0.6 is 11.6 Å². The molecule has 0 aliphatic heterocycles. The molecule has 0 fully saturated rings. The van der Waals surface area contributed by atoms with Gasteiger partial charge in [0.25, 0.3) is 0 Å². The fraction of sp³-hybridized carbons (Fsp3) is 0.615. The maximum absolute atomic E-state index is 12.5. The molecule has 6 heteroatoms. The molecule has 0 bridgehead atoms. The number of pyridine rings is 1. The van der Waals surface area contributed by atoms with Gasteiger partial charge >= 0.3 is 6.18 Å². The lowest BCUT2D eigenvalue weighted by atomic mass is 10.1. The van der Waals surface area contributed by atoms with Gasteiger partial charge in [0.1, 0.15) is 12.4 Å². The number of nitrogens with zero attached hydrogens (tertiary/aromatic N) is 2. The molecule has 108 valence electrons. The summed E-state index contributed by atoms with van der Waals surface area (Å²) in [5.41, 5.74) is 1.55. The van der Waals surface area contributed by atoms with E-state index in [1.54, 1.807) is 13.0 Å². The molecule has 1 rings (SSSR count). The molecule has 0 amide bonds. The highest BCUT2D eigenvalue weighted by Crippen LogP contribution is 2.24. The molecule has 2 nitrogen and oxygen atoms in total.